The molecular formula is C10H13NO. The third kappa shape index (κ3) is 1.29. The van der Waals surface area contributed by atoms with Gasteiger partial charge in [0.15, 0.2) is 0 Å². The van der Waals surface area contributed by atoms with Gasteiger partial charge >= 0.3 is 0 Å². The normalized spacial score (nSPS) is 24.3. The number of carbonyl (C=O) groups excluding carboxylic acids is 1. The van der Waals surface area contributed by atoms with E-state index in [0.717, 1.165) is 19.3 Å². The Morgan fingerprint density at radius 3 is 3.00 bits per heavy atom. The summed E-state index contributed by atoms with van der Waals surface area (Å²) in [4.78, 5) is 14.5. The first-order chi connectivity index (χ1) is 5.88. The number of carbonyl (C=O) groups is 1. The van der Waals surface area contributed by atoms with Crippen molar-refractivity contribution in [3.63, 3.8) is 0 Å². The molecule has 2 heteroatoms. The maximum absolute atomic E-state index is 11.5. The number of aromatic amines is 1. The Labute approximate surface area is 72.0 Å². The number of ketones is 1. The first-order valence-corrected chi connectivity index (χ1v) is 4.53. The smallest absolute Gasteiger partial charge is 0.140 e. The van der Waals surface area contributed by atoms with Crippen LogP contribution in [0.4, 0.5) is 0 Å². The molecule has 2 nitrogen and oxygen atoms in total. The Bertz CT molecular complexity index is 263. The van der Waals surface area contributed by atoms with Gasteiger partial charge in [-0.15, -0.1) is 0 Å². The topological polar surface area (TPSA) is 32.9 Å². The lowest BCUT2D eigenvalue weighted by molar-refractivity contribution is -0.121. The molecule has 0 bridgehead atoms. The number of Topliss-reactive ketones (excluding diaryl/α,β-unsaturated/α-hetero) is 1. The van der Waals surface area contributed by atoms with Gasteiger partial charge in [0.25, 0.3) is 0 Å². The number of hydrogen-bond donors (Lipinski definition) is 1. The molecule has 0 amide bonds. The third-order valence-electron chi connectivity index (χ3n) is 2.58. The minimum atomic E-state index is 0.185. The summed E-state index contributed by atoms with van der Waals surface area (Å²) < 4.78 is 0. The molecule has 1 heterocycles. The van der Waals surface area contributed by atoms with Gasteiger partial charge in [0.1, 0.15) is 5.78 Å². The zero-order valence-electron chi connectivity index (χ0n) is 7.05. The highest BCUT2D eigenvalue weighted by atomic mass is 16.1. The zero-order valence-corrected chi connectivity index (χ0v) is 7.05. The van der Waals surface area contributed by atoms with E-state index >= 15 is 0 Å². The standard InChI is InChI=1S/C10H13NO/c12-10-4-2-1-3-9(10)8-5-6-11-7-8/h5-7,9,11H,1-4H2. The Hall–Kier alpha value is -1.05. The number of hydrogen-bond acceptors (Lipinski definition) is 1. The van der Waals surface area contributed by atoms with Crippen LogP contribution < -0.4 is 0 Å². The minimum Gasteiger partial charge on any atom is -0.367 e. The van der Waals surface area contributed by atoms with E-state index in [9.17, 15) is 4.79 Å². The molecule has 64 valence electrons. The van der Waals surface area contributed by atoms with E-state index in [-0.39, 0.29) is 5.92 Å². The molecule has 1 aromatic heterocycles. The second kappa shape index (κ2) is 3.13. The number of aromatic nitrogens is 1. The van der Waals surface area contributed by atoms with Gasteiger partial charge in [0.05, 0.1) is 0 Å². The number of nitrogens with one attached hydrogen (secondary N) is 1. The van der Waals surface area contributed by atoms with Crippen molar-refractivity contribution in [1.82, 2.24) is 4.98 Å². The molecule has 1 atom stereocenters. The molecule has 1 aromatic rings. The summed E-state index contributed by atoms with van der Waals surface area (Å²) in [5.41, 5.74) is 1.17. The second-order valence-electron chi connectivity index (χ2n) is 3.41. The molecule has 1 fully saturated rings. The monoisotopic (exact) mass is 163 g/mol. The maximum Gasteiger partial charge on any atom is 0.140 e. The maximum atomic E-state index is 11.5. The molecule has 1 saturated carbocycles. The predicted molar refractivity (Wildman–Crippen MR) is 47.0 cm³/mol. The molecule has 0 aliphatic heterocycles. The summed E-state index contributed by atoms with van der Waals surface area (Å²) in [5.74, 6) is 0.603. The molecule has 0 spiro atoms. The van der Waals surface area contributed by atoms with E-state index in [1.54, 1.807) is 0 Å². The highest BCUT2D eigenvalue weighted by Crippen LogP contribution is 2.29. The molecule has 1 unspecified atom stereocenters. The molecule has 0 saturated heterocycles. The summed E-state index contributed by atoms with van der Waals surface area (Å²) in [6.45, 7) is 0. The highest BCUT2D eigenvalue weighted by molar-refractivity contribution is 5.86. The van der Waals surface area contributed by atoms with E-state index in [1.807, 2.05) is 18.5 Å². The van der Waals surface area contributed by atoms with E-state index in [1.165, 1.54) is 12.0 Å². The lowest BCUT2D eigenvalue weighted by Crippen LogP contribution is -2.16. The van der Waals surface area contributed by atoms with E-state index in [0.29, 0.717) is 5.78 Å². The van der Waals surface area contributed by atoms with Crippen molar-refractivity contribution in [2.24, 2.45) is 0 Å². The Balaban J connectivity index is 2.17. The summed E-state index contributed by atoms with van der Waals surface area (Å²) in [7, 11) is 0. The van der Waals surface area contributed by atoms with Crippen LogP contribution in [0, 0.1) is 0 Å². The fourth-order valence-electron chi connectivity index (χ4n) is 1.89. The molecular weight excluding hydrogens is 150 g/mol. The summed E-state index contributed by atoms with van der Waals surface area (Å²) in [5, 5.41) is 0. The molecule has 12 heavy (non-hydrogen) atoms. The number of rotatable bonds is 1. The van der Waals surface area contributed by atoms with Gasteiger partial charge in [-0.3, -0.25) is 4.79 Å². The van der Waals surface area contributed by atoms with E-state index < -0.39 is 0 Å². The number of H-pyrrole nitrogens is 1. The van der Waals surface area contributed by atoms with Crippen molar-refractivity contribution < 1.29 is 4.79 Å². The van der Waals surface area contributed by atoms with Crippen LogP contribution in [0.3, 0.4) is 0 Å². The van der Waals surface area contributed by atoms with Crippen LogP contribution in [-0.2, 0) is 4.79 Å². The van der Waals surface area contributed by atoms with Crippen LogP contribution in [-0.4, -0.2) is 10.8 Å². The summed E-state index contributed by atoms with van der Waals surface area (Å²) in [6, 6.07) is 2.01. The zero-order chi connectivity index (χ0) is 8.39. The molecule has 0 radical (unpaired) electrons. The van der Waals surface area contributed by atoms with Crippen LogP contribution in [0.5, 0.6) is 0 Å². The quantitative estimate of drug-likeness (QED) is 0.676. The summed E-state index contributed by atoms with van der Waals surface area (Å²) in [6.07, 6.45) is 7.92. The average Bonchev–Trinajstić information content (AvgIpc) is 2.57. The van der Waals surface area contributed by atoms with E-state index in [4.69, 9.17) is 0 Å². The summed E-state index contributed by atoms with van der Waals surface area (Å²) >= 11 is 0. The predicted octanol–water partition coefficient (Wildman–Crippen LogP) is 2.24. The fourth-order valence-corrected chi connectivity index (χ4v) is 1.89. The fraction of sp³-hybridized carbons (Fsp3) is 0.500. The van der Waals surface area contributed by atoms with Crippen molar-refractivity contribution in [3.8, 4) is 0 Å². The van der Waals surface area contributed by atoms with Crippen molar-refractivity contribution in [1.29, 1.82) is 0 Å². The van der Waals surface area contributed by atoms with E-state index in [2.05, 4.69) is 4.98 Å². The van der Waals surface area contributed by atoms with Gasteiger partial charge in [0, 0.05) is 24.7 Å². The van der Waals surface area contributed by atoms with Crippen LogP contribution in [0.15, 0.2) is 18.5 Å². The average molecular weight is 163 g/mol. The van der Waals surface area contributed by atoms with Gasteiger partial charge in [-0.1, -0.05) is 6.42 Å². The molecule has 2 rings (SSSR count). The lowest BCUT2D eigenvalue weighted by Gasteiger charge is -2.18. The van der Waals surface area contributed by atoms with Crippen molar-refractivity contribution in [2.45, 2.75) is 31.6 Å². The minimum absolute atomic E-state index is 0.185. The van der Waals surface area contributed by atoms with Gasteiger partial charge in [-0.2, -0.15) is 0 Å². The largest absolute Gasteiger partial charge is 0.367 e. The van der Waals surface area contributed by atoms with Crippen molar-refractivity contribution in [2.75, 3.05) is 0 Å². The van der Waals surface area contributed by atoms with Crippen LogP contribution in [0.1, 0.15) is 37.2 Å². The molecule has 1 N–H and O–H groups in total. The molecule has 0 aromatic carbocycles. The Morgan fingerprint density at radius 1 is 1.42 bits per heavy atom. The Kier molecular flexibility index (Phi) is 1.98. The van der Waals surface area contributed by atoms with Gasteiger partial charge in [-0.05, 0) is 24.5 Å². The lowest BCUT2D eigenvalue weighted by atomic mass is 9.84. The first-order valence-electron chi connectivity index (χ1n) is 4.53. The van der Waals surface area contributed by atoms with Gasteiger partial charge < -0.3 is 4.98 Å². The highest BCUT2D eigenvalue weighted by Gasteiger charge is 2.23. The Morgan fingerprint density at radius 2 is 2.33 bits per heavy atom. The van der Waals surface area contributed by atoms with Crippen molar-refractivity contribution >= 4 is 5.78 Å². The van der Waals surface area contributed by atoms with Gasteiger partial charge in [0.2, 0.25) is 0 Å². The first kappa shape index (κ1) is 7.59. The second-order valence-corrected chi connectivity index (χ2v) is 3.41. The van der Waals surface area contributed by atoms with Crippen molar-refractivity contribution in [3.05, 3.63) is 24.0 Å². The van der Waals surface area contributed by atoms with Gasteiger partial charge in [-0.25, -0.2) is 0 Å². The third-order valence-corrected chi connectivity index (χ3v) is 2.58. The van der Waals surface area contributed by atoms with Crippen LogP contribution in [0.25, 0.3) is 0 Å². The molecule has 1 aliphatic carbocycles. The van der Waals surface area contributed by atoms with Crippen LogP contribution >= 0.6 is 0 Å². The van der Waals surface area contributed by atoms with Crippen LogP contribution in [0.2, 0.25) is 0 Å². The molecule has 1 aliphatic rings. The SMILES string of the molecule is O=C1CCCCC1c1cc[nH]c1.